The lowest BCUT2D eigenvalue weighted by Crippen LogP contribution is -2.16. The zero-order valence-electron chi connectivity index (χ0n) is 4.83. The topological polar surface area (TPSA) is 37.4 Å². The molecule has 0 atom stereocenters. The third-order valence-corrected chi connectivity index (χ3v) is 1.52. The van der Waals surface area contributed by atoms with Crippen molar-refractivity contribution in [2.24, 2.45) is 0 Å². The first-order chi connectivity index (χ1) is 3.68. The molecule has 0 aliphatic heterocycles. The van der Waals surface area contributed by atoms with Crippen LogP contribution in [0.5, 0.6) is 0 Å². The first-order valence-electron chi connectivity index (χ1n) is 2.33. The van der Waals surface area contributed by atoms with Gasteiger partial charge in [0.25, 0.3) is 0 Å². The van der Waals surface area contributed by atoms with E-state index in [2.05, 4.69) is 6.92 Å². The highest BCUT2D eigenvalue weighted by atomic mass is 32.2. The van der Waals surface area contributed by atoms with Crippen molar-refractivity contribution in [3.8, 4) is 0 Å². The fraction of sp³-hybridized carbons (Fsp3) is 0.750. The van der Waals surface area contributed by atoms with Gasteiger partial charge in [0, 0.05) is 13.6 Å². The molecule has 0 aromatic heterocycles. The average Bonchev–Trinajstić information content (AvgIpc) is 1.67. The second-order valence-electron chi connectivity index (χ2n) is 1.47. The van der Waals surface area contributed by atoms with Crippen molar-refractivity contribution >= 4 is 10.9 Å². The van der Waals surface area contributed by atoms with Gasteiger partial charge in [-0.05, 0) is 6.42 Å². The second kappa shape index (κ2) is 3.86. The van der Waals surface area contributed by atoms with Gasteiger partial charge < -0.3 is 0 Å². The summed E-state index contributed by atoms with van der Waals surface area (Å²) < 4.78 is 21.3. The maximum absolute atomic E-state index is 10.0. The Morgan fingerprint density at radius 1 is 1.62 bits per heavy atom. The van der Waals surface area contributed by atoms with Gasteiger partial charge in [0.05, 0.1) is 0 Å². The molecule has 0 heterocycles. The molecule has 0 aromatic rings. The molecule has 0 saturated heterocycles. The lowest BCUT2D eigenvalue weighted by molar-refractivity contribution is 0.494. The van der Waals surface area contributed by atoms with E-state index in [1.807, 2.05) is 0 Å². The summed E-state index contributed by atoms with van der Waals surface area (Å²) in [4.78, 5) is 0. The summed E-state index contributed by atoms with van der Waals surface area (Å²) in [5.74, 6) is 0. The Hall–Kier alpha value is -0.0900. The first kappa shape index (κ1) is 7.91. The van der Waals surface area contributed by atoms with Crippen LogP contribution in [0, 0.1) is 6.92 Å². The molecule has 4 heteroatoms. The van der Waals surface area contributed by atoms with Crippen molar-refractivity contribution in [2.75, 3.05) is 13.6 Å². The molecule has 3 nitrogen and oxygen atoms in total. The van der Waals surface area contributed by atoms with Gasteiger partial charge in [0.2, 0.25) is 10.9 Å². The van der Waals surface area contributed by atoms with Crippen LogP contribution in [0.2, 0.25) is 0 Å². The normalized spacial score (nSPS) is 11.0. The fourth-order valence-corrected chi connectivity index (χ4v) is 0.615. The van der Waals surface area contributed by atoms with Crippen molar-refractivity contribution in [2.45, 2.75) is 6.42 Å². The third-order valence-electron chi connectivity index (χ3n) is 0.760. The van der Waals surface area contributed by atoms with Crippen molar-refractivity contribution in [3.63, 3.8) is 0 Å². The molecule has 0 fully saturated rings. The van der Waals surface area contributed by atoms with Crippen molar-refractivity contribution < 1.29 is 8.42 Å². The van der Waals surface area contributed by atoms with E-state index in [4.69, 9.17) is 0 Å². The van der Waals surface area contributed by atoms with Crippen molar-refractivity contribution in [3.05, 3.63) is 6.92 Å². The molecule has 0 spiro atoms. The van der Waals surface area contributed by atoms with E-state index in [1.54, 1.807) is 0 Å². The average molecular weight is 136 g/mol. The Morgan fingerprint density at radius 2 is 2.12 bits per heavy atom. The number of thiol groups is 1. The summed E-state index contributed by atoms with van der Waals surface area (Å²) in [6, 6.07) is 0. The number of rotatable bonds is 3. The summed E-state index contributed by atoms with van der Waals surface area (Å²) in [6.07, 6.45) is 0.625. The Morgan fingerprint density at radius 3 is 2.25 bits per heavy atom. The van der Waals surface area contributed by atoms with Crippen LogP contribution in [-0.2, 0) is 10.9 Å². The predicted octanol–water partition coefficient (Wildman–Crippen LogP) is -0.331. The smallest absolute Gasteiger partial charge is 0.203 e. The molecule has 49 valence electrons. The van der Waals surface area contributed by atoms with Crippen LogP contribution < -0.4 is 0 Å². The molecule has 0 aliphatic carbocycles. The van der Waals surface area contributed by atoms with Gasteiger partial charge in [0.15, 0.2) is 0 Å². The SMILES string of the molecule is [CH2]CCN(C)[SH](=O)=O. The Kier molecular flexibility index (Phi) is 3.81. The molecular weight excluding hydrogens is 126 g/mol. The minimum atomic E-state index is -2.37. The maximum Gasteiger partial charge on any atom is 0.203 e. The summed E-state index contributed by atoms with van der Waals surface area (Å²) in [5.41, 5.74) is 0. The van der Waals surface area contributed by atoms with Crippen LogP contribution in [0.1, 0.15) is 6.42 Å². The first-order valence-corrected chi connectivity index (χ1v) is 3.46. The summed E-state index contributed by atoms with van der Waals surface area (Å²) in [6.45, 7) is 4.01. The van der Waals surface area contributed by atoms with E-state index >= 15 is 0 Å². The van der Waals surface area contributed by atoms with Gasteiger partial charge in [0.1, 0.15) is 0 Å². The molecule has 1 radical (unpaired) electrons. The van der Waals surface area contributed by atoms with Crippen LogP contribution >= 0.6 is 0 Å². The molecule has 8 heavy (non-hydrogen) atoms. The number of hydrogen-bond acceptors (Lipinski definition) is 2. The Bertz CT molecular complexity index is 113. The van der Waals surface area contributed by atoms with Crippen LogP contribution in [0.25, 0.3) is 0 Å². The van der Waals surface area contributed by atoms with E-state index in [0.717, 1.165) is 0 Å². The Labute approximate surface area is 51.4 Å². The van der Waals surface area contributed by atoms with E-state index in [9.17, 15) is 8.42 Å². The second-order valence-corrected chi connectivity index (χ2v) is 2.63. The molecular formula is C4H10NO2S. The molecule has 0 rings (SSSR count). The fourth-order valence-electron chi connectivity index (χ4n) is 0.310. The highest BCUT2D eigenvalue weighted by Crippen LogP contribution is 1.82. The van der Waals surface area contributed by atoms with E-state index in [1.165, 1.54) is 11.4 Å². The summed E-state index contributed by atoms with van der Waals surface area (Å²) >= 11 is 0. The van der Waals surface area contributed by atoms with Gasteiger partial charge in [-0.3, -0.25) is 0 Å². The molecule has 0 N–H and O–H groups in total. The highest BCUT2D eigenvalue weighted by molar-refractivity contribution is 7.69. The molecule has 0 saturated carbocycles. The van der Waals surface area contributed by atoms with Crippen LogP contribution in [-0.4, -0.2) is 26.3 Å². The molecule has 0 aliphatic rings. The lowest BCUT2D eigenvalue weighted by Gasteiger charge is -2.03. The molecule has 0 unspecified atom stereocenters. The number of hydrogen-bond donors (Lipinski definition) is 1. The summed E-state index contributed by atoms with van der Waals surface area (Å²) in [5, 5.41) is 0. The minimum Gasteiger partial charge on any atom is -0.215 e. The quantitative estimate of drug-likeness (QED) is 0.539. The zero-order valence-corrected chi connectivity index (χ0v) is 5.73. The lowest BCUT2D eigenvalue weighted by atomic mass is 10.5. The Balaban J connectivity index is 3.48. The molecule has 0 bridgehead atoms. The van der Waals surface area contributed by atoms with E-state index in [-0.39, 0.29) is 0 Å². The number of nitrogens with zero attached hydrogens (tertiary/aromatic N) is 1. The standard InChI is InChI=1S/C4H10NO2S/c1-3-4-5(2)8(6)7/h8H,1,3-4H2,2H3. The monoisotopic (exact) mass is 136 g/mol. The minimum absolute atomic E-state index is 0.513. The van der Waals surface area contributed by atoms with E-state index < -0.39 is 10.9 Å². The maximum atomic E-state index is 10.0. The predicted molar refractivity (Wildman–Crippen MR) is 32.9 cm³/mol. The third kappa shape index (κ3) is 2.98. The van der Waals surface area contributed by atoms with Gasteiger partial charge in [-0.15, -0.1) is 0 Å². The molecule has 0 aromatic carbocycles. The highest BCUT2D eigenvalue weighted by Gasteiger charge is 1.93. The van der Waals surface area contributed by atoms with Gasteiger partial charge in [-0.2, -0.15) is 0 Å². The molecule has 0 amide bonds. The van der Waals surface area contributed by atoms with Crippen LogP contribution in [0.3, 0.4) is 0 Å². The van der Waals surface area contributed by atoms with Crippen molar-refractivity contribution in [1.82, 2.24) is 4.31 Å². The van der Waals surface area contributed by atoms with Gasteiger partial charge in [-0.25, -0.2) is 12.7 Å². The van der Waals surface area contributed by atoms with Crippen LogP contribution in [0.15, 0.2) is 0 Å². The van der Waals surface area contributed by atoms with Gasteiger partial charge >= 0.3 is 0 Å². The van der Waals surface area contributed by atoms with Crippen LogP contribution in [0.4, 0.5) is 0 Å². The summed E-state index contributed by atoms with van der Waals surface area (Å²) in [7, 11) is -0.850. The van der Waals surface area contributed by atoms with E-state index in [0.29, 0.717) is 13.0 Å². The zero-order chi connectivity index (χ0) is 6.57. The van der Waals surface area contributed by atoms with Crippen molar-refractivity contribution in [1.29, 1.82) is 0 Å². The largest absolute Gasteiger partial charge is 0.215 e. The van der Waals surface area contributed by atoms with Gasteiger partial charge in [-0.1, -0.05) is 6.92 Å².